The minimum atomic E-state index is 0.201. The number of hydrogen-bond donors (Lipinski definition) is 0. The molecule has 0 aliphatic heterocycles. The zero-order valence-corrected chi connectivity index (χ0v) is 10.9. The summed E-state index contributed by atoms with van der Waals surface area (Å²) >= 11 is 0. The van der Waals surface area contributed by atoms with Crippen LogP contribution in [0.1, 0.15) is 31.2 Å². The van der Waals surface area contributed by atoms with Crippen LogP contribution >= 0.6 is 0 Å². The summed E-state index contributed by atoms with van der Waals surface area (Å²) in [5.41, 5.74) is 2.01. The van der Waals surface area contributed by atoms with Gasteiger partial charge < -0.3 is 9.47 Å². The average Bonchev–Trinajstić information content (AvgIpc) is 2.62. The third-order valence-electron chi connectivity index (χ3n) is 3.21. The molecule has 1 aliphatic rings. The Morgan fingerprint density at radius 3 is 2.56 bits per heavy atom. The van der Waals surface area contributed by atoms with E-state index in [1.54, 1.807) is 20.3 Å². The van der Waals surface area contributed by atoms with Crippen molar-refractivity contribution < 1.29 is 14.3 Å². The predicted molar refractivity (Wildman–Crippen MR) is 71.0 cm³/mol. The van der Waals surface area contributed by atoms with E-state index < -0.39 is 0 Å². The van der Waals surface area contributed by atoms with E-state index in [0.717, 1.165) is 41.9 Å². The Labute approximate surface area is 107 Å². The summed E-state index contributed by atoms with van der Waals surface area (Å²) in [6.45, 7) is 0. The Bertz CT molecular complexity index is 475. The number of carbonyl (C=O) groups is 1. The lowest BCUT2D eigenvalue weighted by Crippen LogP contribution is -1.95. The highest BCUT2D eigenvalue weighted by atomic mass is 16.5. The number of carbonyl (C=O) groups excluding carboxylic acids is 1. The maximum atomic E-state index is 11.7. The van der Waals surface area contributed by atoms with E-state index in [9.17, 15) is 4.79 Å². The van der Waals surface area contributed by atoms with Crippen molar-refractivity contribution >= 4 is 11.4 Å². The summed E-state index contributed by atoms with van der Waals surface area (Å²) in [5.74, 6) is 1.77. The standard InChI is InChI=1S/C15H18O3/c1-17-13-7-8-15(18-2)14(10-13)11-5-3-4-6-12(16)9-11/h7-10H,3-6H2,1-2H3. The number of methoxy groups -OCH3 is 2. The first-order valence-corrected chi connectivity index (χ1v) is 6.20. The Kier molecular flexibility index (Phi) is 4.03. The van der Waals surface area contributed by atoms with Gasteiger partial charge >= 0.3 is 0 Å². The van der Waals surface area contributed by atoms with Crippen molar-refractivity contribution in [3.8, 4) is 11.5 Å². The van der Waals surface area contributed by atoms with E-state index >= 15 is 0 Å². The van der Waals surface area contributed by atoms with E-state index in [1.807, 2.05) is 18.2 Å². The molecule has 0 atom stereocenters. The number of allylic oxidation sites excluding steroid dienone is 2. The molecule has 0 unspecified atom stereocenters. The fraction of sp³-hybridized carbons (Fsp3) is 0.400. The molecule has 0 saturated heterocycles. The Morgan fingerprint density at radius 1 is 1.06 bits per heavy atom. The number of ketones is 1. The molecule has 0 N–H and O–H groups in total. The van der Waals surface area contributed by atoms with Crippen molar-refractivity contribution in [3.05, 3.63) is 29.8 Å². The largest absolute Gasteiger partial charge is 0.497 e. The summed E-state index contributed by atoms with van der Waals surface area (Å²) < 4.78 is 10.6. The van der Waals surface area contributed by atoms with Crippen LogP contribution in [-0.4, -0.2) is 20.0 Å². The van der Waals surface area contributed by atoms with E-state index in [2.05, 4.69) is 0 Å². The van der Waals surface area contributed by atoms with Gasteiger partial charge in [-0.1, -0.05) is 0 Å². The van der Waals surface area contributed by atoms with Gasteiger partial charge in [0.2, 0.25) is 0 Å². The molecule has 1 aromatic carbocycles. The molecular formula is C15H18O3. The zero-order chi connectivity index (χ0) is 13.0. The molecule has 0 aromatic heterocycles. The summed E-state index contributed by atoms with van der Waals surface area (Å²) in [4.78, 5) is 11.7. The molecule has 2 rings (SSSR count). The van der Waals surface area contributed by atoms with Gasteiger partial charge in [0.05, 0.1) is 14.2 Å². The average molecular weight is 246 g/mol. The second-order valence-corrected chi connectivity index (χ2v) is 4.41. The maximum Gasteiger partial charge on any atom is 0.155 e. The van der Waals surface area contributed by atoms with Gasteiger partial charge in [-0.05, 0) is 49.1 Å². The van der Waals surface area contributed by atoms with Crippen molar-refractivity contribution in [3.63, 3.8) is 0 Å². The quantitative estimate of drug-likeness (QED) is 0.821. The van der Waals surface area contributed by atoms with Gasteiger partial charge in [0, 0.05) is 12.0 Å². The lowest BCUT2D eigenvalue weighted by Gasteiger charge is -2.12. The van der Waals surface area contributed by atoms with Gasteiger partial charge in [-0.3, -0.25) is 4.79 Å². The molecule has 0 saturated carbocycles. The van der Waals surface area contributed by atoms with Crippen molar-refractivity contribution in [2.75, 3.05) is 14.2 Å². The van der Waals surface area contributed by atoms with E-state index in [-0.39, 0.29) is 5.78 Å². The molecule has 0 amide bonds. The molecule has 0 spiro atoms. The van der Waals surface area contributed by atoms with Gasteiger partial charge in [0.1, 0.15) is 11.5 Å². The van der Waals surface area contributed by atoms with E-state index in [1.165, 1.54) is 0 Å². The first-order chi connectivity index (χ1) is 8.74. The second-order valence-electron chi connectivity index (χ2n) is 4.41. The van der Waals surface area contributed by atoms with Crippen LogP contribution in [0.25, 0.3) is 5.57 Å². The third-order valence-corrected chi connectivity index (χ3v) is 3.21. The highest BCUT2D eigenvalue weighted by Crippen LogP contribution is 2.34. The smallest absolute Gasteiger partial charge is 0.155 e. The Balaban J connectivity index is 2.43. The molecule has 1 aliphatic carbocycles. The molecule has 1 aromatic rings. The highest BCUT2D eigenvalue weighted by Gasteiger charge is 2.14. The van der Waals surface area contributed by atoms with E-state index in [0.29, 0.717) is 6.42 Å². The van der Waals surface area contributed by atoms with Crippen LogP contribution in [0, 0.1) is 0 Å². The lowest BCUT2D eigenvalue weighted by molar-refractivity contribution is -0.114. The fourth-order valence-electron chi connectivity index (χ4n) is 2.23. The first kappa shape index (κ1) is 12.7. The highest BCUT2D eigenvalue weighted by molar-refractivity contribution is 5.98. The Hall–Kier alpha value is -1.77. The topological polar surface area (TPSA) is 35.5 Å². The minimum absolute atomic E-state index is 0.201. The number of ether oxygens (including phenoxy) is 2. The van der Waals surface area contributed by atoms with Gasteiger partial charge in [-0.25, -0.2) is 0 Å². The zero-order valence-electron chi connectivity index (χ0n) is 10.9. The van der Waals surface area contributed by atoms with Crippen LogP contribution in [0.3, 0.4) is 0 Å². The Morgan fingerprint density at radius 2 is 1.83 bits per heavy atom. The van der Waals surface area contributed by atoms with Crippen LogP contribution in [0.2, 0.25) is 0 Å². The molecule has 18 heavy (non-hydrogen) atoms. The number of hydrogen-bond acceptors (Lipinski definition) is 3. The van der Waals surface area contributed by atoms with Gasteiger partial charge in [-0.2, -0.15) is 0 Å². The predicted octanol–water partition coefficient (Wildman–Crippen LogP) is 3.23. The van der Waals surface area contributed by atoms with E-state index in [4.69, 9.17) is 9.47 Å². The third kappa shape index (κ3) is 2.73. The SMILES string of the molecule is COc1ccc(OC)c(C2=CC(=O)CCCC2)c1. The van der Waals surface area contributed by atoms with Crippen LogP contribution < -0.4 is 9.47 Å². The second kappa shape index (κ2) is 5.71. The molecular weight excluding hydrogens is 228 g/mol. The normalized spacial score (nSPS) is 15.9. The van der Waals surface area contributed by atoms with Crippen LogP contribution in [-0.2, 0) is 4.79 Å². The molecule has 96 valence electrons. The summed E-state index contributed by atoms with van der Waals surface area (Å²) in [6.07, 6.45) is 5.32. The maximum absolute atomic E-state index is 11.7. The molecule has 0 radical (unpaired) electrons. The molecule has 3 heteroatoms. The lowest BCUT2D eigenvalue weighted by atomic mass is 10.00. The van der Waals surface area contributed by atoms with Crippen LogP contribution in [0.5, 0.6) is 11.5 Å². The van der Waals surface area contributed by atoms with Gasteiger partial charge in [0.25, 0.3) is 0 Å². The molecule has 0 fully saturated rings. The molecule has 3 nitrogen and oxygen atoms in total. The first-order valence-electron chi connectivity index (χ1n) is 6.20. The molecule has 0 heterocycles. The number of benzene rings is 1. The van der Waals surface area contributed by atoms with Crippen molar-refractivity contribution in [1.82, 2.24) is 0 Å². The summed E-state index contributed by atoms with van der Waals surface area (Å²) in [6, 6.07) is 5.68. The van der Waals surface area contributed by atoms with Gasteiger partial charge in [-0.15, -0.1) is 0 Å². The van der Waals surface area contributed by atoms with Crippen LogP contribution in [0.15, 0.2) is 24.3 Å². The van der Waals surface area contributed by atoms with Gasteiger partial charge in [0.15, 0.2) is 5.78 Å². The van der Waals surface area contributed by atoms with Crippen molar-refractivity contribution in [1.29, 1.82) is 0 Å². The fourth-order valence-corrected chi connectivity index (χ4v) is 2.23. The summed E-state index contributed by atoms with van der Waals surface area (Å²) in [5, 5.41) is 0. The van der Waals surface area contributed by atoms with Crippen molar-refractivity contribution in [2.24, 2.45) is 0 Å². The van der Waals surface area contributed by atoms with Crippen molar-refractivity contribution in [2.45, 2.75) is 25.7 Å². The minimum Gasteiger partial charge on any atom is -0.497 e. The molecule has 0 bridgehead atoms. The monoisotopic (exact) mass is 246 g/mol. The number of rotatable bonds is 3. The summed E-state index contributed by atoms with van der Waals surface area (Å²) in [7, 11) is 3.28. The van der Waals surface area contributed by atoms with Crippen LogP contribution in [0.4, 0.5) is 0 Å².